The van der Waals surface area contributed by atoms with Gasteiger partial charge in [0.1, 0.15) is 0 Å². The lowest BCUT2D eigenvalue weighted by atomic mass is 10.2. The molecule has 1 aromatic rings. The van der Waals surface area contributed by atoms with Crippen LogP contribution in [-0.2, 0) is 21.2 Å². The first-order valence-electron chi connectivity index (χ1n) is 6.77. The second-order valence-corrected chi connectivity index (χ2v) is 8.51. The Morgan fingerprint density at radius 2 is 2.14 bits per heavy atom. The van der Waals surface area contributed by atoms with Gasteiger partial charge < -0.3 is 5.32 Å². The van der Waals surface area contributed by atoms with Crippen LogP contribution >= 0.6 is 15.9 Å². The molecule has 2 rings (SSSR count). The Balaban J connectivity index is 1.81. The number of hydrogen-bond donors (Lipinski definition) is 1. The number of nitrogens with zero attached hydrogens (tertiary/aromatic N) is 1. The maximum atomic E-state index is 11.9. The molecule has 1 amide bonds. The van der Waals surface area contributed by atoms with E-state index in [2.05, 4.69) is 21.2 Å². The number of sulfone groups is 1. The summed E-state index contributed by atoms with van der Waals surface area (Å²) in [6, 6.07) is 7.63. The van der Waals surface area contributed by atoms with E-state index >= 15 is 0 Å². The average Bonchev–Trinajstić information content (AvgIpc) is 2.71. The predicted molar refractivity (Wildman–Crippen MR) is 85.7 cm³/mol. The summed E-state index contributed by atoms with van der Waals surface area (Å²) in [5.74, 6) is 0.101. The first-order valence-corrected chi connectivity index (χ1v) is 9.39. The van der Waals surface area contributed by atoms with Gasteiger partial charge in [-0.2, -0.15) is 0 Å². The highest BCUT2D eigenvalue weighted by Crippen LogP contribution is 2.17. The van der Waals surface area contributed by atoms with Crippen molar-refractivity contribution < 1.29 is 13.2 Å². The lowest BCUT2D eigenvalue weighted by Crippen LogP contribution is -2.41. The van der Waals surface area contributed by atoms with Crippen molar-refractivity contribution in [2.45, 2.75) is 19.0 Å². The molecule has 1 aliphatic rings. The van der Waals surface area contributed by atoms with Crippen molar-refractivity contribution in [3.8, 4) is 0 Å². The summed E-state index contributed by atoms with van der Waals surface area (Å²) in [7, 11) is -1.09. The van der Waals surface area contributed by atoms with Gasteiger partial charge in [-0.3, -0.25) is 9.69 Å². The fourth-order valence-electron chi connectivity index (χ4n) is 2.40. The highest BCUT2D eigenvalue weighted by molar-refractivity contribution is 9.10. The van der Waals surface area contributed by atoms with Crippen LogP contribution in [0.3, 0.4) is 0 Å². The minimum absolute atomic E-state index is 0.0622. The second-order valence-electron chi connectivity index (χ2n) is 5.43. The molecule has 0 saturated carbocycles. The largest absolute Gasteiger partial charge is 0.351 e. The van der Waals surface area contributed by atoms with Crippen LogP contribution in [0.15, 0.2) is 28.7 Å². The number of carbonyl (C=O) groups is 1. The van der Waals surface area contributed by atoms with Crippen LogP contribution in [0.4, 0.5) is 0 Å². The molecule has 0 radical (unpaired) electrons. The van der Waals surface area contributed by atoms with Crippen LogP contribution in [0.2, 0.25) is 0 Å². The van der Waals surface area contributed by atoms with Crippen molar-refractivity contribution in [3.05, 3.63) is 34.3 Å². The molecule has 0 bridgehead atoms. The molecule has 1 N–H and O–H groups in total. The number of nitrogens with one attached hydrogen (secondary N) is 1. The van der Waals surface area contributed by atoms with Gasteiger partial charge in [-0.15, -0.1) is 0 Å². The fraction of sp³-hybridized carbons (Fsp3) is 0.500. The van der Waals surface area contributed by atoms with Crippen LogP contribution in [0, 0.1) is 0 Å². The summed E-state index contributed by atoms with van der Waals surface area (Å²) in [5.41, 5.74) is 1.11. The summed E-state index contributed by atoms with van der Waals surface area (Å²) in [5, 5.41) is 2.79. The fourth-order valence-corrected chi connectivity index (χ4v) is 4.48. The number of amides is 1. The molecule has 1 atom stereocenters. The van der Waals surface area contributed by atoms with Crippen molar-refractivity contribution in [3.63, 3.8) is 0 Å². The van der Waals surface area contributed by atoms with Crippen LogP contribution in [0.1, 0.15) is 12.0 Å². The molecule has 0 unspecified atom stereocenters. The zero-order valence-electron chi connectivity index (χ0n) is 11.9. The monoisotopic (exact) mass is 374 g/mol. The first-order chi connectivity index (χ1) is 9.85. The summed E-state index contributed by atoms with van der Waals surface area (Å²) in [6.45, 7) is 0.899. The van der Waals surface area contributed by atoms with E-state index in [1.807, 2.05) is 36.2 Å². The van der Waals surface area contributed by atoms with E-state index in [0.717, 1.165) is 10.0 Å². The van der Waals surface area contributed by atoms with Gasteiger partial charge in [0.2, 0.25) is 5.91 Å². The van der Waals surface area contributed by atoms with E-state index < -0.39 is 9.84 Å². The highest BCUT2D eigenvalue weighted by atomic mass is 79.9. The minimum atomic E-state index is -2.96. The highest BCUT2D eigenvalue weighted by Gasteiger charge is 2.28. The maximum absolute atomic E-state index is 11.9. The van der Waals surface area contributed by atoms with Gasteiger partial charge >= 0.3 is 0 Å². The molecule has 0 spiro atoms. The number of rotatable bonds is 5. The second kappa shape index (κ2) is 6.89. The van der Waals surface area contributed by atoms with E-state index in [0.29, 0.717) is 13.0 Å². The normalized spacial score (nSPS) is 20.6. The first kappa shape index (κ1) is 16.5. The van der Waals surface area contributed by atoms with Gasteiger partial charge in [-0.25, -0.2) is 8.42 Å². The molecule has 1 heterocycles. The van der Waals surface area contributed by atoms with Gasteiger partial charge in [0.05, 0.1) is 18.1 Å². The minimum Gasteiger partial charge on any atom is -0.351 e. The van der Waals surface area contributed by atoms with E-state index in [4.69, 9.17) is 0 Å². The van der Waals surface area contributed by atoms with Crippen molar-refractivity contribution in [1.82, 2.24) is 10.2 Å². The molecule has 116 valence electrons. The van der Waals surface area contributed by atoms with Gasteiger partial charge in [0.15, 0.2) is 9.84 Å². The van der Waals surface area contributed by atoms with Crippen molar-refractivity contribution in [2.24, 2.45) is 0 Å². The molecule has 7 heteroatoms. The number of likely N-dealkylation sites (N-methyl/N-ethyl adjacent to an activating group) is 1. The average molecular weight is 375 g/mol. The SMILES string of the molecule is CN(CC(=O)N[C@H]1CCS(=O)(=O)C1)Cc1ccccc1Br. The van der Waals surface area contributed by atoms with E-state index in [1.54, 1.807) is 0 Å². The van der Waals surface area contributed by atoms with Crippen molar-refractivity contribution in [2.75, 3.05) is 25.1 Å². The van der Waals surface area contributed by atoms with Gasteiger partial charge in [0, 0.05) is 17.1 Å². The molecular formula is C14H19BrN2O3S. The zero-order valence-corrected chi connectivity index (χ0v) is 14.3. The van der Waals surface area contributed by atoms with Crippen LogP contribution in [0.25, 0.3) is 0 Å². The van der Waals surface area contributed by atoms with Crippen LogP contribution < -0.4 is 5.32 Å². The Hall–Kier alpha value is -0.920. The number of carbonyl (C=O) groups excluding carboxylic acids is 1. The molecule has 1 saturated heterocycles. The zero-order chi connectivity index (χ0) is 15.5. The lowest BCUT2D eigenvalue weighted by molar-refractivity contribution is -0.122. The molecule has 5 nitrogen and oxygen atoms in total. The van der Waals surface area contributed by atoms with Gasteiger partial charge in [-0.05, 0) is 25.1 Å². The molecule has 1 aromatic carbocycles. The Bertz CT molecular complexity index is 618. The number of hydrogen-bond acceptors (Lipinski definition) is 4. The Kier molecular flexibility index (Phi) is 5.40. The van der Waals surface area contributed by atoms with Crippen molar-refractivity contribution in [1.29, 1.82) is 0 Å². The summed E-state index contributed by atoms with van der Waals surface area (Å²) < 4.78 is 23.7. The van der Waals surface area contributed by atoms with E-state index in [9.17, 15) is 13.2 Å². The third-order valence-corrected chi connectivity index (χ3v) is 5.95. The Labute approximate surface area is 133 Å². The van der Waals surface area contributed by atoms with Gasteiger partial charge in [-0.1, -0.05) is 34.1 Å². The van der Waals surface area contributed by atoms with E-state index in [-0.39, 0.29) is 30.0 Å². The molecule has 0 aromatic heterocycles. The predicted octanol–water partition coefficient (Wildman–Crippen LogP) is 1.18. The Morgan fingerprint density at radius 1 is 1.43 bits per heavy atom. The molecule has 1 aliphatic heterocycles. The smallest absolute Gasteiger partial charge is 0.234 e. The third kappa shape index (κ3) is 5.09. The van der Waals surface area contributed by atoms with Crippen LogP contribution in [0.5, 0.6) is 0 Å². The van der Waals surface area contributed by atoms with Crippen molar-refractivity contribution >= 4 is 31.7 Å². The topological polar surface area (TPSA) is 66.5 Å². The lowest BCUT2D eigenvalue weighted by Gasteiger charge is -2.18. The third-order valence-electron chi connectivity index (χ3n) is 3.41. The number of benzene rings is 1. The van der Waals surface area contributed by atoms with Gasteiger partial charge in [0.25, 0.3) is 0 Å². The standard InChI is InChI=1S/C14H19BrN2O3S/c1-17(8-11-4-2-3-5-13(11)15)9-14(18)16-12-6-7-21(19,20)10-12/h2-5,12H,6-10H2,1H3,(H,16,18)/t12-/m0/s1. The molecule has 21 heavy (non-hydrogen) atoms. The molecule has 1 fully saturated rings. The van der Waals surface area contributed by atoms with E-state index in [1.165, 1.54) is 0 Å². The molecular weight excluding hydrogens is 356 g/mol. The summed E-state index contributed by atoms with van der Waals surface area (Å²) in [4.78, 5) is 13.8. The molecule has 0 aliphatic carbocycles. The summed E-state index contributed by atoms with van der Waals surface area (Å²) >= 11 is 3.48. The maximum Gasteiger partial charge on any atom is 0.234 e. The Morgan fingerprint density at radius 3 is 2.76 bits per heavy atom. The quantitative estimate of drug-likeness (QED) is 0.840. The number of halogens is 1. The summed E-state index contributed by atoms with van der Waals surface area (Å²) in [6.07, 6.45) is 0.516. The van der Waals surface area contributed by atoms with Crippen LogP contribution in [-0.4, -0.2) is 50.4 Å².